The van der Waals surface area contributed by atoms with Crippen LogP contribution < -0.4 is 5.19 Å². The molecule has 7 rings (SSSR count). The molecule has 0 N–H and O–H groups in total. The summed E-state index contributed by atoms with van der Waals surface area (Å²) in [5.41, 5.74) is 7.88. The first-order chi connectivity index (χ1) is 23.5. The number of imidazole rings is 1. The van der Waals surface area contributed by atoms with Gasteiger partial charge in [0.25, 0.3) is 0 Å². The van der Waals surface area contributed by atoms with Gasteiger partial charge in [-0.3, -0.25) is 9.97 Å². The molecule has 0 bridgehead atoms. The molecule has 4 heterocycles. The van der Waals surface area contributed by atoms with Gasteiger partial charge in [0.2, 0.25) is 0 Å². The van der Waals surface area contributed by atoms with E-state index in [2.05, 4.69) is 66.9 Å². The number of fused-ring (bicyclic) bond motifs is 4. The summed E-state index contributed by atoms with van der Waals surface area (Å²) < 4.78 is 47.8. The maximum Gasteiger partial charge on any atom is 0.121 e. The first kappa shape index (κ1) is 27.2. The van der Waals surface area contributed by atoms with E-state index < -0.39 is 21.3 Å². The van der Waals surface area contributed by atoms with Crippen molar-refractivity contribution in [3.63, 3.8) is 0 Å². The second-order valence-corrected chi connectivity index (χ2v) is 17.7. The minimum Gasteiger partial charge on any atom is -0.501 e. The summed E-state index contributed by atoms with van der Waals surface area (Å²) in [6.07, 6.45) is 3.91. The molecule has 3 aromatic carbocycles. The molecule has 4 aromatic heterocycles. The van der Waals surface area contributed by atoms with Gasteiger partial charge in [-0.25, -0.2) is 0 Å². The fourth-order valence-corrected chi connectivity index (χ4v) is 6.89. The predicted octanol–water partition coefficient (Wildman–Crippen LogP) is 9.24. The summed E-state index contributed by atoms with van der Waals surface area (Å²) in [5.74, 6) is 0.661. The number of aromatic nitrogens is 4. The van der Waals surface area contributed by atoms with E-state index in [0.29, 0.717) is 16.8 Å². The zero-order valence-electron chi connectivity index (χ0n) is 32.1. The molecule has 0 aliphatic rings. The van der Waals surface area contributed by atoms with Gasteiger partial charge < -0.3 is 14.0 Å². The largest absolute Gasteiger partial charge is 0.501 e. The van der Waals surface area contributed by atoms with E-state index in [9.17, 15) is 0 Å². The molecule has 0 spiro atoms. The second-order valence-electron chi connectivity index (χ2n) is 12.7. The van der Waals surface area contributed by atoms with Crippen LogP contribution in [-0.4, -0.2) is 27.6 Å². The van der Waals surface area contributed by atoms with Crippen molar-refractivity contribution < 1.29 is 31.4 Å². The van der Waals surface area contributed by atoms with Crippen molar-refractivity contribution in [2.75, 3.05) is 0 Å². The summed E-state index contributed by atoms with van der Waals surface area (Å²) in [6.45, 7) is 10.2. The first-order valence-corrected chi connectivity index (χ1v) is 18.6. The Bertz CT molecular complexity index is 2340. The molecule has 0 aliphatic heterocycles. The van der Waals surface area contributed by atoms with Crippen LogP contribution in [0.15, 0.2) is 83.7 Å². The number of hydrogen-bond acceptors (Lipinski definition) is 4. The van der Waals surface area contributed by atoms with Crippen LogP contribution in [0.4, 0.5) is 0 Å². The maximum atomic E-state index is 8.59. The standard InChI is InChI=1S/C20H14N3O.C19H26NSi.Ir/c1-12-6-7-13-14-4-3-5-15(19(14)24-18(13)10-12)20-22-16-8-9-21-11-17(16)23(20)2;1-14(2)11-17-12-18(16-9-7-15(3)8-10-16)20-13-19(17)21(4,5)6;/h3-4,6-11H,1-2H3;7-9,12-14H,11H2,1-6H3;/q2*-1;/i;3D3,11D2;. The zero-order chi connectivity index (χ0) is 36.2. The normalized spacial score (nSPS) is 13.8. The van der Waals surface area contributed by atoms with Crippen molar-refractivity contribution in [2.24, 2.45) is 13.0 Å². The van der Waals surface area contributed by atoms with Crippen molar-refractivity contribution >= 4 is 46.2 Å². The predicted molar refractivity (Wildman–Crippen MR) is 190 cm³/mol. The van der Waals surface area contributed by atoms with Crippen molar-refractivity contribution in [2.45, 2.75) is 53.6 Å². The van der Waals surface area contributed by atoms with Crippen LogP contribution in [0.2, 0.25) is 19.6 Å². The summed E-state index contributed by atoms with van der Waals surface area (Å²) in [4.78, 5) is 13.5. The molecule has 7 aromatic rings. The van der Waals surface area contributed by atoms with Crippen LogP contribution >= 0.6 is 0 Å². The second kappa shape index (κ2) is 13.4. The fourth-order valence-electron chi connectivity index (χ4n) is 5.49. The summed E-state index contributed by atoms with van der Waals surface area (Å²) >= 11 is 0. The smallest absolute Gasteiger partial charge is 0.121 e. The van der Waals surface area contributed by atoms with Crippen LogP contribution in [0.5, 0.6) is 0 Å². The fraction of sp³-hybridized carbons (Fsp3) is 0.256. The number of nitrogens with zero attached hydrogens (tertiary/aromatic N) is 4. The average molecular weight is 806 g/mol. The number of furan rings is 1. The van der Waals surface area contributed by atoms with E-state index in [-0.39, 0.29) is 31.6 Å². The summed E-state index contributed by atoms with van der Waals surface area (Å²) in [5, 5.41) is 3.22. The Kier molecular flexibility index (Phi) is 7.96. The molecular weight excluding hydrogens is 761 g/mol. The van der Waals surface area contributed by atoms with Crippen molar-refractivity contribution in [3.05, 3.63) is 108 Å². The molecule has 0 saturated carbocycles. The minimum absolute atomic E-state index is 0. The van der Waals surface area contributed by atoms with Gasteiger partial charge in [-0.15, -0.1) is 53.6 Å². The van der Waals surface area contributed by atoms with Crippen molar-refractivity contribution in [1.82, 2.24) is 19.5 Å². The van der Waals surface area contributed by atoms with E-state index in [1.807, 2.05) is 55.9 Å². The Labute approximate surface area is 293 Å². The molecule has 1 radical (unpaired) electrons. The van der Waals surface area contributed by atoms with Gasteiger partial charge in [-0.05, 0) is 47.8 Å². The zero-order valence-corrected chi connectivity index (χ0v) is 30.5. The maximum absolute atomic E-state index is 8.59. The summed E-state index contributed by atoms with van der Waals surface area (Å²) in [6, 6.07) is 25.0. The third-order valence-electron chi connectivity index (χ3n) is 7.74. The van der Waals surface area contributed by atoms with Gasteiger partial charge in [0.05, 0.1) is 36.7 Å². The van der Waals surface area contributed by atoms with E-state index in [1.165, 1.54) is 11.6 Å². The SMILES string of the molecule is Cc1ccc2c(c1)oc1c(-c3nc4ccncc4n3C)[c-]ccc12.[2H]C([2H])([2H])c1c[c-]c(-c2cc(C([2H])([2H])C(C)C)c([Si](C)(C)C)cn2)cc1.[Ir]. The number of aryl methyl sites for hydroxylation is 3. The van der Waals surface area contributed by atoms with Crippen molar-refractivity contribution in [3.8, 4) is 22.6 Å². The monoisotopic (exact) mass is 806 g/mol. The van der Waals surface area contributed by atoms with E-state index in [1.54, 1.807) is 24.5 Å². The Morgan fingerprint density at radius 2 is 1.80 bits per heavy atom. The third-order valence-corrected chi connectivity index (χ3v) is 9.75. The van der Waals surface area contributed by atoms with Crippen molar-refractivity contribution in [1.29, 1.82) is 0 Å². The van der Waals surface area contributed by atoms with Gasteiger partial charge in [0, 0.05) is 51.8 Å². The molecule has 0 saturated heterocycles. The molecule has 0 unspecified atom stereocenters. The molecule has 0 amide bonds. The topological polar surface area (TPSA) is 56.7 Å². The first-order valence-electron chi connectivity index (χ1n) is 17.6. The molecule has 7 heteroatoms. The van der Waals surface area contributed by atoms with Gasteiger partial charge >= 0.3 is 0 Å². The molecular formula is C39H40IrN4OSi-2. The molecule has 237 valence electrons. The minimum atomic E-state index is -2.16. The average Bonchev–Trinajstić information content (AvgIpc) is 3.60. The van der Waals surface area contributed by atoms with E-state index in [4.69, 9.17) is 16.3 Å². The number of hydrogen-bond donors (Lipinski definition) is 0. The van der Waals surface area contributed by atoms with Crippen LogP contribution in [0, 0.1) is 31.8 Å². The molecule has 0 fully saturated rings. The van der Waals surface area contributed by atoms with Gasteiger partial charge in [0.15, 0.2) is 0 Å². The van der Waals surface area contributed by atoms with E-state index >= 15 is 0 Å². The number of pyridine rings is 2. The summed E-state index contributed by atoms with van der Waals surface area (Å²) in [7, 11) is 0.214. The quantitative estimate of drug-likeness (QED) is 0.129. The Hall–Kier alpha value is -3.90. The van der Waals surface area contributed by atoms with Crippen LogP contribution in [0.1, 0.15) is 37.4 Å². The Morgan fingerprint density at radius 3 is 2.50 bits per heavy atom. The molecule has 0 atom stereocenters. The van der Waals surface area contributed by atoms with Gasteiger partial charge in [0.1, 0.15) is 5.58 Å². The van der Waals surface area contributed by atoms with Crippen LogP contribution in [0.3, 0.4) is 0 Å². The number of rotatable bonds is 5. The Morgan fingerprint density at radius 1 is 1.00 bits per heavy atom. The third kappa shape index (κ3) is 6.78. The van der Waals surface area contributed by atoms with Crippen LogP contribution in [-0.2, 0) is 33.5 Å². The molecule has 46 heavy (non-hydrogen) atoms. The molecule has 5 nitrogen and oxygen atoms in total. The van der Waals surface area contributed by atoms with Gasteiger partial charge in [-0.1, -0.05) is 75.1 Å². The number of benzene rings is 3. The molecule has 0 aliphatic carbocycles. The Balaban J connectivity index is 0.000000194. The van der Waals surface area contributed by atoms with Crippen LogP contribution in [0.25, 0.3) is 55.6 Å². The van der Waals surface area contributed by atoms with E-state index in [0.717, 1.165) is 49.5 Å². The van der Waals surface area contributed by atoms with Gasteiger partial charge in [-0.2, -0.15) is 0 Å².